The van der Waals surface area contributed by atoms with Gasteiger partial charge >= 0.3 is 5.97 Å². The van der Waals surface area contributed by atoms with Gasteiger partial charge in [-0.2, -0.15) is 0 Å². The van der Waals surface area contributed by atoms with Gasteiger partial charge < -0.3 is 14.5 Å². The zero-order valence-corrected chi connectivity index (χ0v) is 14.7. The van der Waals surface area contributed by atoms with Crippen molar-refractivity contribution in [3.63, 3.8) is 0 Å². The van der Waals surface area contributed by atoms with Gasteiger partial charge in [-0.3, -0.25) is 9.59 Å². The molecule has 1 aromatic carbocycles. The van der Waals surface area contributed by atoms with Crippen molar-refractivity contribution in [2.75, 3.05) is 6.61 Å². The van der Waals surface area contributed by atoms with Gasteiger partial charge in [0.2, 0.25) is 5.76 Å². The average Bonchev–Trinajstić information content (AvgIpc) is 2.57. The number of para-hydroxylation sites is 1. The number of amides is 1. The molecule has 0 aliphatic carbocycles. The summed E-state index contributed by atoms with van der Waals surface area (Å²) in [5.74, 6) is -0.877. The van der Waals surface area contributed by atoms with Gasteiger partial charge in [0, 0.05) is 12.1 Å². The number of hydrogen-bond donors (Lipinski definition) is 1. The highest BCUT2D eigenvalue weighted by Crippen LogP contribution is 2.12. The van der Waals surface area contributed by atoms with E-state index in [2.05, 4.69) is 19.2 Å². The molecule has 1 unspecified atom stereocenters. The van der Waals surface area contributed by atoms with E-state index in [0.29, 0.717) is 16.9 Å². The van der Waals surface area contributed by atoms with E-state index >= 15 is 0 Å². The summed E-state index contributed by atoms with van der Waals surface area (Å²) in [4.78, 5) is 35.8. The van der Waals surface area contributed by atoms with Gasteiger partial charge in [-0.1, -0.05) is 26.0 Å². The Hall–Kier alpha value is -2.63. The number of nitrogens with one attached hydrogen (secondary N) is 1. The molecule has 25 heavy (non-hydrogen) atoms. The average molecular weight is 345 g/mol. The van der Waals surface area contributed by atoms with E-state index in [4.69, 9.17) is 9.15 Å². The second kappa shape index (κ2) is 8.46. The van der Waals surface area contributed by atoms with Crippen molar-refractivity contribution in [2.24, 2.45) is 5.92 Å². The predicted molar refractivity (Wildman–Crippen MR) is 94.4 cm³/mol. The van der Waals surface area contributed by atoms with E-state index in [1.807, 2.05) is 6.92 Å². The van der Waals surface area contributed by atoms with Crippen molar-refractivity contribution < 1.29 is 18.7 Å². The van der Waals surface area contributed by atoms with Crippen molar-refractivity contribution in [1.82, 2.24) is 5.32 Å². The molecule has 0 radical (unpaired) electrons. The lowest BCUT2D eigenvalue weighted by Gasteiger charge is -2.15. The predicted octanol–water partition coefficient (Wildman–Crippen LogP) is 2.89. The largest absolute Gasteiger partial charge is 0.450 e. The Kier molecular flexibility index (Phi) is 6.33. The second-order valence-electron chi connectivity index (χ2n) is 6.49. The molecule has 1 aromatic heterocycles. The molecule has 0 aliphatic rings. The molecular formula is C19H23NO5. The standard InChI is InChI=1S/C19H23NO5/c1-12(2)8-9-13(3)20-18(22)11-24-19(23)17-10-15(21)14-6-4-5-7-16(14)25-17/h4-7,10,12-13H,8-9,11H2,1-3H3,(H,20,22). The Morgan fingerprint density at radius 1 is 1.16 bits per heavy atom. The van der Waals surface area contributed by atoms with Gasteiger partial charge in [0.1, 0.15) is 5.58 Å². The third-order valence-corrected chi connectivity index (χ3v) is 3.75. The van der Waals surface area contributed by atoms with Crippen molar-refractivity contribution >= 4 is 22.8 Å². The maximum atomic E-state index is 12.0. The third-order valence-electron chi connectivity index (χ3n) is 3.75. The second-order valence-corrected chi connectivity index (χ2v) is 6.49. The minimum Gasteiger partial charge on any atom is -0.450 e. The monoisotopic (exact) mass is 345 g/mol. The molecule has 6 heteroatoms. The molecule has 2 rings (SSSR count). The van der Waals surface area contributed by atoms with Crippen LogP contribution in [0.25, 0.3) is 11.0 Å². The van der Waals surface area contributed by atoms with Crippen LogP contribution in [0.2, 0.25) is 0 Å². The van der Waals surface area contributed by atoms with Crippen LogP contribution in [0.5, 0.6) is 0 Å². The topological polar surface area (TPSA) is 85.6 Å². The fourth-order valence-electron chi connectivity index (χ4n) is 2.38. The van der Waals surface area contributed by atoms with E-state index in [9.17, 15) is 14.4 Å². The summed E-state index contributed by atoms with van der Waals surface area (Å²) >= 11 is 0. The molecule has 0 aliphatic heterocycles. The van der Waals surface area contributed by atoms with Crippen LogP contribution in [0.15, 0.2) is 39.5 Å². The van der Waals surface area contributed by atoms with Gasteiger partial charge in [0.25, 0.3) is 5.91 Å². The van der Waals surface area contributed by atoms with E-state index < -0.39 is 12.6 Å². The number of esters is 1. The summed E-state index contributed by atoms with van der Waals surface area (Å²) in [6.45, 7) is 5.73. The van der Waals surface area contributed by atoms with Crippen LogP contribution in [-0.4, -0.2) is 24.5 Å². The Morgan fingerprint density at radius 2 is 1.88 bits per heavy atom. The molecule has 0 fully saturated rings. The number of ether oxygens (including phenoxy) is 1. The molecule has 1 heterocycles. The molecule has 0 bridgehead atoms. The number of fused-ring (bicyclic) bond motifs is 1. The highest BCUT2D eigenvalue weighted by molar-refractivity contribution is 5.90. The van der Waals surface area contributed by atoms with Crippen LogP contribution in [0.3, 0.4) is 0 Å². The summed E-state index contributed by atoms with van der Waals surface area (Å²) < 4.78 is 10.3. The maximum Gasteiger partial charge on any atom is 0.374 e. The minimum absolute atomic E-state index is 0.00667. The molecule has 6 nitrogen and oxygen atoms in total. The first-order valence-electron chi connectivity index (χ1n) is 8.36. The van der Waals surface area contributed by atoms with Crippen molar-refractivity contribution in [2.45, 2.75) is 39.7 Å². The number of carbonyl (C=O) groups excluding carboxylic acids is 2. The summed E-state index contributed by atoms with van der Waals surface area (Å²) in [6, 6.07) is 7.70. The van der Waals surface area contributed by atoms with Gasteiger partial charge in [0.05, 0.1) is 5.39 Å². The Balaban J connectivity index is 1.92. The lowest BCUT2D eigenvalue weighted by Crippen LogP contribution is -2.36. The van der Waals surface area contributed by atoms with Crippen LogP contribution < -0.4 is 10.7 Å². The van der Waals surface area contributed by atoms with Gasteiger partial charge in [-0.05, 0) is 37.8 Å². The summed E-state index contributed by atoms with van der Waals surface area (Å²) in [5, 5.41) is 3.16. The third kappa shape index (κ3) is 5.45. The van der Waals surface area contributed by atoms with E-state index in [1.54, 1.807) is 24.3 Å². The van der Waals surface area contributed by atoms with Crippen LogP contribution in [0.1, 0.15) is 44.2 Å². The molecule has 1 amide bonds. The maximum absolute atomic E-state index is 12.0. The van der Waals surface area contributed by atoms with Crippen LogP contribution >= 0.6 is 0 Å². The Labute approximate surface area is 146 Å². The first-order chi connectivity index (χ1) is 11.9. The van der Waals surface area contributed by atoms with Crippen LogP contribution in [0.4, 0.5) is 0 Å². The summed E-state index contributed by atoms with van der Waals surface area (Å²) in [7, 11) is 0. The van der Waals surface area contributed by atoms with Gasteiger partial charge in [0.15, 0.2) is 12.0 Å². The number of benzene rings is 1. The van der Waals surface area contributed by atoms with Crippen molar-refractivity contribution in [1.29, 1.82) is 0 Å². The molecule has 0 saturated heterocycles. The van der Waals surface area contributed by atoms with E-state index in [1.165, 1.54) is 0 Å². The quantitative estimate of drug-likeness (QED) is 0.780. The normalized spacial score (nSPS) is 12.2. The molecule has 2 aromatic rings. The Bertz CT molecular complexity index is 809. The lowest BCUT2D eigenvalue weighted by molar-refractivity contribution is -0.124. The lowest BCUT2D eigenvalue weighted by atomic mass is 10.0. The molecular weight excluding hydrogens is 322 g/mol. The van der Waals surface area contributed by atoms with Crippen molar-refractivity contribution in [3.05, 3.63) is 46.3 Å². The first-order valence-corrected chi connectivity index (χ1v) is 8.36. The summed E-state index contributed by atoms with van der Waals surface area (Å²) in [6.07, 6.45) is 1.86. The zero-order valence-electron chi connectivity index (χ0n) is 14.7. The molecule has 0 spiro atoms. The molecule has 134 valence electrons. The highest BCUT2D eigenvalue weighted by Gasteiger charge is 2.16. The summed E-state index contributed by atoms with van der Waals surface area (Å²) in [5.41, 5.74) is -0.0331. The first kappa shape index (κ1) is 18.7. The molecule has 1 N–H and O–H groups in total. The van der Waals surface area contributed by atoms with E-state index in [0.717, 1.165) is 18.9 Å². The zero-order chi connectivity index (χ0) is 18.4. The van der Waals surface area contributed by atoms with Gasteiger partial charge in [-0.15, -0.1) is 0 Å². The SMILES string of the molecule is CC(C)CCC(C)NC(=O)COC(=O)c1cc(=O)c2ccccc2o1. The fourth-order valence-corrected chi connectivity index (χ4v) is 2.38. The van der Waals surface area contributed by atoms with E-state index in [-0.39, 0.29) is 23.1 Å². The fraction of sp³-hybridized carbons (Fsp3) is 0.421. The van der Waals surface area contributed by atoms with Crippen LogP contribution in [-0.2, 0) is 9.53 Å². The van der Waals surface area contributed by atoms with Crippen molar-refractivity contribution in [3.8, 4) is 0 Å². The minimum atomic E-state index is -0.840. The van der Waals surface area contributed by atoms with Crippen LogP contribution in [0, 0.1) is 5.92 Å². The smallest absolute Gasteiger partial charge is 0.374 e. The highest BCUT2D eigenvalue weighted by atomic mass is 16.5. The number of carbonyl (C=O) groups is 2. The molecule has 1 atom stereocenters. The number of rotatable bonds is 7. The number of hydrogen-bond acceptors (Lipinski definition) is 5. The Morgan fingerprint density at radius 3 is 2.60 bits per heavy atom. The molecule has 0 saturated carbocycles. The van der Waals surface area contributed by atoms with Gasteiger partial charge in [-0.25, -0.2) is 4.79 Å².